The molecule has 2 atom stereocenters. The van der Waals surface area contributed by atoms with Gasteiger partial charge >= 0.3 is 5.97 Å². The topological polar surface area (TPSA) is 57.2 Å². The molecule has 96 valence electrons. The molecule has 1 aromatic carbocycles. The first-order valence-corrected chi connectivity index (χ1v) is 6.13. The van der Waals surface area contributed by atoms with Crippen LogP contribution in [0.1, 0.15) is 19.9 Å². The lowest BCUT2D eigenvalue weighted by Crippen LogP contribution is -2.39. The van der Waals surface area contributed by atoms with Crippen LogP contribution in [0.5, 0.6) is 0 Å². The Morgan fingerprint density at radius 1 is 1.39 bits per heavy atom. The lowest BCUT2D eigenvalue weighted by Gasteiger charge is -2.21. The molecule has 0 aliphatic heterocycles. The lowest BCUT2D eigenvalue weighted by atomic mass is 10.1. The molecule has 1 heterocycles. The largest absolute Gasteiger partial charge is 0.465 e. The number of nitrogens with zero attached hydrogens (tertiary/aromatic N) is 1. The first kappa shape index (κ1) is 12.6. The Morgan fingerprint density at radius 2 is 2.11 bits per heavy atom. The SMILES string of the molecule is CCOC(=O)C(N)C(C)n1ccc2ccccc21. The van der Waals surface area contributed by atoms with Crippen molar-refractivity contribution in [1.82, 2.24) is 4.57 Å². The molecule has 0 fully saturated rings. The molecule has 2 rings (SSSR count). The van der Waals surface area contributed by atoms with Crippen molar-refractivity contribution in [2.75, 3.05) is 6.61 Å². The number of aromatic nitrogens is 1. The standard InChI is InChI=1S/C14H18N2O2/c1-3-18-14(17)13(15)10(2)16-9-8-11-6-4-5-7-12(11)16/h4-10,13H,3,15H2,1-2H3. The van der Waals surface area contributed by atoms with Crippen molar-refractivity contribution in [2.24, 2.45) is 5.73 Å². The molecule has 18 heavy (non-hydrogen) atoms. The zero-order valence-electron chi connectivity index (χ0n) is 10.7. The van der Waals surface area contributed by atoms with E-state index >= 15 is 0 Å². The Morgan fingerprint density at radius 3 is 2.83 bits per heavy atom. The molecular weight excluding hydrogens is 228 g/mol. The van der Waals surface area contributed by atoms with Crippen molar-refractivity contribution in [2.45, 2.75) is 25.9 Å². The molecule has 4 heteroatoms. The van der Waals surface area contributed by atoms with E-state index in [1.807, 2.05) is 48.0 Å². The molecule has 0 saturated heterocycles. The quantitative estimate of drug-likeness (QED) is 0.840. The van der Waals surface area contributed by atoms with Crippen LogP contribution in [-0.2, 0) is 9.53 Å². The van der Waals surface area contributed by atoms with E-state index in [1.54, 1.807) is 6.92 Å². The smallest absolute Gasteiger partial charge is 0.325 e. The lowest BCUT2D eigenvalue weighted by molar-refractivity contribution is -0.145. The van der Waals surface area contributed by atoms with Crippen molar-refractivity contribution < 1.29 is 9.53 Å². The number of hydrogen-bond donors (Lipinski definition) is 1. The van der Waals surface area contributed by atoms with Crippen LogP contribution in [0, 0.1) is 0 Å². The third-order valence-corrected chi connectivity index (χ3v) is 3.15. The number of ether oxygens (including phenoxy) is 1. The van der Waals surface area contributed by atoms with Crippen molar-refractivity contribution in [3.05, 3.63) is 36.5 Å². The summed E-state index contributed by atoms with van der Waals surface area (Å²) < 4.78 is 6.97. The number of carbonyl (C=O) groups is 1. The number of nitrogens with two attached hydrogens (primary N) is 1. The zero-order chi connectivity index (χ0) is 13.1. The summed E-state index contributed by atoms with van der Waals surface area (Å²) in [4.78, 5) is 11.7. The van der Waals surface area contributed by atoms with Crippen LogP contribution in [0.25, 0.3) is 10.9 Å². The van der Waals surface area contributed by atoms with Gasteiger partial charge in [-0.05, 0) is 31.4 Å². The van der Waals surface area contributed by atoms with Gasteiger partial charge in [0.05, 0.1) is 12.6 Å². The van der Waals surface area contributed by atoms with E-state index < -0.39 is 6.04 Å². The summed E-state index contributed by atoms with van der Waals surface area (Å²) in [6.07, 6.45) is 1.95. The summed E-state index contributed by atoms with van der Waals surface area (Å²) in [5.74, 6) is -0.359. The molecule has 4 nitrogen and oxygen atoms in total. The van der Waals surface area contributed by atoms with E-state index in [4.69, 9.17) is 10.5 Å². The fraction of sp³-hybridized carbons (Fsp3) is 0.357. The zero-order valence-corrected chi connectivity index (χ0v) is 10.7. The third-order valence-electron chi connectivity index (χ3n) is 3.15. The molecule has 0 aliphatic carbocycles. The molecule has 0 radical (unpaired) electrons. The average Bonchev–Trinajstić information content (AvgIpc) is 2.81. The maximum absolute atomic E-state index is 11.7. The first-order chi connectivity index (χ1) is 8.65. The normalized spacial score (nSPS) is 14.4. The monoisotopic (exact) mass is 246 g/mol. The summed E-state index contributed by atoms with van der Waals surface area (Å²) in [5.41, 5.74) is 7.01. The predicted molar refractivity (Wildman–Crippen MR) is 71.3 cm³/mol. The fourth-order valence-electron chi connectivity index (χ4n) is 2.07. The highest BCUT2D eigenvalue weighted by Crippen LogP contribution is 2.21. The first-order valence-electron chi connectivity index (χ1n) is 6.13. The van der Waals surface area contributed by atoms with Gasteiger partial charge in [0.25, 0.3) is 0 Å². The Hall–Kier alpha value is -1.81. The summed E-state index contributed by atoms with van der Waals surface area (Å²) >= 11 is 0. The molecule has 2 N–H and O–H groups in total. The molecular formula is C14H18N2O2. The number of fused-ring (bicyclic) bond motifs is 1. The van der Waals surface area contributed by atoms with Gasteiger partial charge in [0.1, 0.15) is 6.04 Å². The maximum Gasteiger partial charge on any atom is 0.325 e. The van der Waals surface area contributed by atoms with Crippen LogP contribution in [-0.4, -0.2) is 23.2 Å². The van der Waals surface area contributed by atoms with Gasteiger partial charge in [-0.1, -0.05) is 18.2 Å². The molecule has 0 amide bonds. The number of carbonyl (C=O) groups excluding carboxylic acids is 1. The second-order valence-corrected chi connectivity index (χ2v) is 4.30. The van der Waals surface area contributed by atoms with Crippen LogP contribution in [0.15, 0.2) is 36.5 Å². The average molecular weight is 246 g/mol. The molecule has 1 aromatic heterocycles. The highest BCUT2D eigenvalue weighted by molar-refractivity contribution is 5.81. The Bertz CT molecular complexity index is 547. The summed E-state index contributed by atoms with van der Waals surface area (Å²) in [6, 6.07) is 9.25. The molecule has 0 spiro atoms. The predicted octanol–water partition coefficient (Wildman–Crippen LogP) is 2.09. The molecule has 2 aromatic rings. The Kier molecular flexibility index (Phi) is 3.67. The van der Waals surface area contributed by atoms with E-state index in [-0.39, 0.29) is 12.0 Å². The van der Waals surface area contributed by atoms with Gasteiger partial charge in [-0.25, -0.2) is 0 Å². The molecule has 0 saturated carbocycles. The van der Waals surface area contributed by atoms with Crippen molar-refractivity contribution >= 4 is 16.9 Å². The van der Waals surface area contributed by atoms with Crippen LogP contribution >= 0.6 is 0 Å². The van der Waals surface area contributed by atoms with Crippen LogP contribution < -0.4 is 5.73 Å². The number of para-hydroxylation sites is 1. The summed E-state index contributed by atoms with van der Waals surface area (Å²) in [5, 5.41) is 1.14. The fourth-order valence-corrected chi connectivity index (χ4v) is 2.07. The van der Waals surface area contributed by atoms with Crippen LogP contribution in [0.2, 0.25) is 0 Å². The number of esters is 1. The van der Waals surface area contributed by atoms with E-state index in [9.17, 15) is 4.79 Å². The molecule has 0 aliphatic rings. The van der Waals surface area contributed by atoms with E-state index in [0.29, 0.717) is 6.61 Å². The Balaban J connectivity index is 2.28. The Labute approximate surface area is 106 Å². The van der Waals surface area contributed by atoms with E-state index in [1.165, 1.54) is 0 Å². The number of rotatable bonds is 4. The number of hydrogen-bond acceptors (Lipinski definition) is 3. The van der Waals surface area contributed by atoms with Crippen molar-refractivity contribution in [3.8, 4) is 0 Å². The highest BCUT2D eigenvalue weighted by atomic mass is 16.5. The van der Waals surface area contributed by atoms with Gasteiger partial charge in [-0.15, -0.1) is 0 Å². The molecule has 2 unspecified atom stereocenters. The van der Waals surface area contributed by atoms with Crippen molar-refractivity contribution in [3.63, 3.8) is 0 Å². The van der Waals surface area contributed by atoms with Gasteiger partial charge in [0.2, 0.25) is 0 Å². The minimum Gasteiger partial charge on any atom is -0.465 e. The molecule has 0 bridgehead atoms. The second-order valence-electron chi connectivity index (χ2n) is 4.30. The highest BCUT2D eigenvalue weighted by Gasteiger charge is 2.23. The van der Waals surface area contributed by atoms with Gasteiger partial charge in [0, 0.05) is 11.7 Å². The maximum atomic E-state index is 11.7. The summed E-state index contributed by atoms with van der Waals surface area (Å²) in [6.45, 7) is 4.06. The van der Waals surface area contributed by atoms with Crippen molar-refractivity contribution in [1.29, 1.82) is 0 Å². The van der Waals surface area contributed by atoms with Crippen LogP contribution in [0.3, 0.4) is 0 Å². The van der Waals surface area contributed by atoms with Gasteiger partial charge < -0.3 is 15.0 Å². The number of benzene rings is 1. The van der Waals surface area contributed by atoms with Gasteiger partial charge in [-0.2, -0.15) is 0 Å². The van der Waals surface area contributed by atoms with Gasteiger partial charge in [-0.3, -0.25) is 4.79 Å². The minimum absolute atomic E-state index is 0.135. The van der Waals surface area contributed by atoms with Crippen LogP contribution in [0.4, 0.5) is 0 Å². The van der Waals surface area contributed by atoms with Gasteiger partial charge in [0.15, 0.2) is 0 Å². The minimum atomic E-state index is -0.652. The third kappa shape index (κ3) is 2.24. The summed E-state index contributed by atoms with van der Waals surface area (Å²) in [7, 11) is 0. The van der Waals surface area contributed by atoms with E-state index in [0.717, 1.165) is 10.9 Å². The second kappa shape index (κ2) is 5.23. The van der Waals surface area contributed by atoms with E-state index in [2.05, 4.69) is 0 Å².